The molecule has 0 radical (unpaired) electrons. The van der Waals surface area contributed by atoms with Crippen molar-refractivity contribution in [3.05, 3.63) is 17.8 Å². The minimum Gasteiger partial charge on any atom is -0.396 e. The molecule has 15 heavy (non-hydrogen) atoms. The number of likely N-dealkylation sites (N-methyl/N-ethyl adjacent to an activating group) is 1. The van der Waals surface area contributed by atoms with Crippen molar-refractivity contribution in [3.8, 4) is 0 Å². The molecule has 1 aromatic heterocycles. The van der Waals surface area contributed by atoms with Crippen LogP contribution in [0.15, 0.2) is 12.1 Å². The number of aromatic nitrogens is 1. The summed E-state index contributed by atoms with van der Waals surface area (Å²) in [5, 5.41) is 0. The number of hydrogen-bond donors (Lipinski definition) is 1. The predicted octanol–water partition coefficient (Wildman–Crippen LogP) is 1.44. The third-order valence-electron chi connectivity index (χ3n) is 2.18. The number of nitrogens with two attached hydrogens (primary N) is 1. The molecular weight excluding hydrogens is 190 g/mol. The fourth-order valence-corrected chi connectivity index (χ4v) is 1.31. The van der Waals surface area contributed by atoms with Crippen molar-refractivity contribution >= 4 is 11.5 Å². The SMILES string of the molecule is CCOCCN(C)c1nc(C)ccc1N. The van der Waals surface area contributed by atoms with E-state index in [1.54, 1.807) is 0 Å². The zero-order chi connectivity index (χ0) is 11.3. The van der Waals surface area contributed by atoms with Crippen LogP contribution in [0.25, 0.3) is 0 Å². The smallest absolute Gasteiger partial charge is 0.151 e. The molecule has 2 N–H and O–H groups in total. The van der Waals surface area contributed by atoms with Gasteiger partial charge in [0.05, 0.1) is 12.3 Å². The molecule has 0 bridgehead atoms. The highest BCUT2D eigenvalue weighted by Crippen LogP contribution is 2.18. The van der Waals surface area contributed by atoms with Crippen LogP contribution in [0, 0.1) is 6.92 Å². The van der Waals surface area contributed by atoms with Crippen molar-refractivity contribution in [2.75, 3.05) is 37.4 Å². The van der Waals surface area contributed by atoms with Crippen molar-refractivity contribution < 1.29 is 4.74 Å². The van der Waals surface area contributed by atoms with Crippen LogP contribution in [0.1, 0.15) is 12.6 Å². The van der Waals surface area contributed by atoms with Crippen LogP contribution in [-0.2, 0) is 4.74 Å². The highest BCUT2D eigenvalue weighted by atomic mass is 16.5. The predicted molar refractivity (Wildman–Crippen MR) is 63.1 cm³/mol. The van der Waals surface area contributed by atoms with Crippen LogP contribution in [0.5, 0.6) is 0 Å². The van der Waals surface area contributed by atoms with E-state index in [0.717, 1.165) is 24.7 Å². The Bertz CT molecular complexity index is 315. The molecule has 4 nitrogen and oxygen atoms in total. The maximum Gasteiger partial charge on any atom is 0.151 e. The van der Waals surface area contributed by atoms with Gasteiger partial charge in [0.15, 0.2) is 5.82 Å². The number of ether oxygens (including phenoxy) is 1. The van der Waals surface area contributed by atoms with Gasteiger partial charge in [-0.2, -0.15) is 0 Å². The van der Waals surface area contributed by atoms with E-state index in [-0.39, 0.29) is 0 Å². The summed E-state index contributed by atoms with van der Waals surface area (Å²) >= 11 is 0. The summed E-state index contributed by atoms with van der Waals surface area (Å²) in [6.07, 6.45) is 0. The number of nitrogen functional groups attached to an aromatic ring is 1. The average molecular weight is 209 g/mol. The molecular formula is C11H19N3O. The Hall–Kier alpha value is -1.29. The molecule has 0 aliphatic rings. The van der Waals surface area contributed by atoms with Gasteiger partial charge in [-0.3, -0.25) is 0 Å². The zero-order valence-corrected chi connectivity index (χ0v) is 9.66. The van der Waals surface area contributed by atoms with Gasteiger partial charge in [-0.1, -0.05) is 0 Å². The molecule has 0 saturated carbocycles. The molecule has 0 atom stereocenters. The fourth-order valence-electron chi connectivity index (χ4n) is 1.31. The highest BCUT2D eigenvalue weighted by molar-refractivity contribution is 5.62. The van der Waals surface area contributed by atoms with Gasteiger partial charge in [-0.05, 0) is 26.0 Å². The number of hydrogen-bond acceptors (Lipinski definition) is 4. The first-order valence-electron chi connectivity index (χ1n) is 5.17. The summed E-state index contributed by atoms with van der Waals surface area (Å²) in [4.78, 5) is 6.41. The van der Waals surface area contributed by atoms with Gasteiger partial charge in [-0.15, -0.1) is 0 Å². The van der Waals surface area contributed by atoms with Gasteiger partial charge in [-0.25, -0.2) is 4.98 Å². The van der Waals surface area contributed by atoms with Gasteiger partial charge < -0.3 is 15.4 Å². The number of aryl methyl sites for hydroxylation is 1. The molecule has 0 aliphatic carbocycles. The Kier molecular flexibility index (Phi) is 4.37. The van der Waals surface area contributed by atoms with Crippen molar-refractivity contribution in [1.29, 1.82) is 0 Å². The number of nitrogens with zero attached hydrogens (tertiary/aromatic N) is 2. The minimum atomic E-state index is 0.696. The molecule has 0 aromatic carbocycles. The lowest BCUT2D eigenvalue weighted by atomic mass is 10.3. The van der Waals surface area contributed by atoms with Gasteiger partial charge in [0, 0.05) is 25.9 Å². The maximum atomic E-state index is 5.85. The van der Waals surface area contributed by atoms with Gasteiger partial charge in [0.1, 0.15) is 0 Å². The fraction of sp³-hybridized carbons (Fsp3) is 0.545. The van der Waals surface area contributed by atoms with Crippen LogP contribution in [0.4, 0.5) is 11.5 Å². The standard InChI is InChI=1S/C11H19N3O/c1-4-15-8-7-14(3)11-10(12)6-5-9(2)13-11/h5-6H,4,7-8,12H2,1-3H3. The molecule has 4 heteroatoms. The molecule has 1 rings (SSSR count). The van der Waals surface area contributed by atoms with Crippen LogP contribution >= 0.6 is 0 Å². The first kappa shape index (κ1) is 11.8. The molecule has 0 unspecified atom stereocenters. The van der Waals surface area contributed by atoms with Crippen LogP contribution in [0.2, 0.25) is 0 Å². The van der Waals surface area contributed by atoms with E-state index in [1.165, 1.54) is 0 Å². The first-order chi connectivity index (χ1) is 7.15. The van der Waals surface area contributed by atoms with Gasteiger partial charge in [0.2, 0.25) is 0 Å². The number of rotatable bonds is 5. The summed E-state index contributed by atoms with van der Waals surface area (Å²) in [6, 6.07) is 3.80. The Labute approximate surface area is 91.1 Å². The van der Waals surface area contributed by atoms with E-state index < -0.39 is 0 Å². The van der Waals surface area contributed by atoms with E-state index in [1.807, 2.05) is 37.9 Å². The lowest BCUT2D eigenvalue weighted by molar-refractivity contribution is 0.154. The maximum absolute atomic E-state index is 5.85. The molecule has 84 valence electrons. The summed E-state index contributed by atoms with van der Waals surface area (Å²) < 4.78 is 5.29. The number of pyridine rings is 1. The largest absolute Gasteiger partial charge is 0.396 e. The molecule has 0 aliphatic heterocycles. The van der Waals surface area contributed by atoms with E-state index in [2.05, 4.69) is 4.98 Å². The Balaban J connectivity index is 2.64. The Morgan fingerprint density at radius 1 is 1.47 bits per heavy atom. The third kappa shape index (κ3) is 3.40. The van der Waals surface area contributed by atoms with E-state index in [9.17, 15) is 0 Å². The van der Waals surface area contributed by atoms with Crippen LogP contribution in [0.3, 0.4) is 0 Å². The summed E-state index contributed by atoms with van der Waals surface area (Å²) in [5.74, 6) is 0.828. The topological polar surface area (TPSA) is 51.4 Å². The van der Waals surface area contributed by atoms with Gasteiger partial charge >= 0.3 is 0 Å². The molecule has 0 saturated heterocycles. The molecule has 1 heterocycles. The van der Waals surface area contributed by atoms with Crippen molar-refractivity contribution in [1.82, 2.24) is 4.98 Å². The number of anilines is 2. The lowest BCUT2D eigenvalue weighted by Crippen LogP contribution is -2.24. The second-order valence-electron chi connectivity index (χ2n) is 3.48. The minimum absolute atomic E-state index is 0.696. The summed E-state index contributed by atoms with van der Waals surface area (Å²) in [7, 11) is 1.97. The monoisotopic (exact) mass is 209 g/mol. The van der Waals surface area contributed by atoms with E-state index >= 15 is 0 Å². The Morgan fingerprint density at radius 3 is 2.87 bits per heavy atom. The van der Waals surface area contributed by atoms with Crippen LogP contribution < -0.4 is 10.6 Å². The second-order valence-corrected chi connectivity index (χ2v) is 3.48. The second kappa shape index (κ2) is 5.56. The normalized spacial score (nSPS) is 10.3. The highest BCUT2D eigenvalue weighted by Gasteiger charge is 2.06. The summed E-state index contributed by atoms with van der Waals surface area (Å²) in [5.41, 5.74) is 7.53. The quantitative estimate of drug-likeness (QED) is 0.746. The molecule has 0 fully saturated rings. The van der Waals surface area contributed by atoms with E-state index in [0.29, 0.717) is 12.3 Å². The zero-order valence-electron chi connectivity index (χ0n) is 9.66. The van der Waals surface area contributed by atoms with Crippen LogP contribution in [-0.4, -0.2) is 31.8 Å². The summed E-state index contributed by atoms with van der Waals surface area (Å²) in [6.45, 7) is 6.18. The average Bonchev–Trinajstić information content (AvgIpc) is 2.22. The molecule has 0 amide bonds. The van der Waals surface area contributed by atoms with Gasteiger partial charge in [0.25, 0.3) is 0 Å². The Morgan fingerprint density at radius 2 is 2.20 bits per heavy atom. The van der Waals surface area contributed by atoms with E-state index in [4.69, 9.17) is 10.5 Å². The molecule has 1 aromatic rings. The van der Waals surface area contributed by atoms with Crippen molar-refractivity contribution in [2.24, 2.45) is 0 Å². The lowest BCUT2D eigenvalue weighted by Gasteiger charge is -2.19. The first-order valence-corrected chi connectivity index (χ1v) is 5.17. The van der Waals surface area contributed by atoms with Crippen molar-refractivity contribution in [2.45, 2.75) is 13.8 Å². The van der Waals surface area contributed by atoms with Crippen molar-refractivity contribution in [3.63, 3.8) is 0 Å². The molecule has 0 spiro atoms. The third-order valence-corrected chi connectivity index (χ3v) is 2.18.